The molecule has 1 rings (SSSR count). The first-order valence-corrected chi connectivity index (χ1v) is 6.87. The number of nitrogens with one attached hydrogen (secondary N) is 1. The van der Waals surface area contributed by atoms with Gasteiger partial charge in [-0.15, -0.1) is 0 Å². The third-order valence-corrected chi connectivity index (χ3v) is 4.24. The zero-order chi connectivity index (χ0) is 12.1. The van der Waals surface area contributed by atoms with Crippen molar-refractivity contribution in [3.63, 3.8) is 0 Å². The summed E-state index contributed by atoms with van der Waals surface area (Å²) in [6, 6.07) is 6.55. The molecule has 1 aromatic rings. The van der Waals surface area contributed by atoms with Crippen LogP contribution in [0.15, 0.2) is 22.7 Å². The molecule has 90 valence electrons. The Morgan fingerprint density at radius 1 is 1.44 bits per heavy atom. The van der Waals surface area contributed by atoms with E-state index in [1.54, 1.807) is 0 Å². The molecule has 1 nitrogen and oxygen atoms in total. The van der Waals surface area contributed by atoms with Crippen molar-refractivity contribution >= 4 is 27.5 Å². The molecule has 2 atom stereocenters. The average Bonchev–Trinajstić information content (AvgIpc) is 2.29. The number of hydrogen-bond donors (Lipinski definition) is 1. The highest BCUT2D eigenvalue weighted by molar-refractivity contribution is 9.10. The van der Waals surface area contributed by atoms with Gasteiger partial charge in [0.2, 0.25) is 0 Å². The van der Waals surface area contributed by atoms with E-state index in [0.29, 0.717) is 6.04 Å². The molecule has 0 fully saturated rings. The van der Waals surface area contributed by atoms with Crippen LogP contribution < -0.4 is 5.32 Å². The fourth-order valence-corrected chi connectivity index (χ4v) is 2.23. The summed E-state index contributed by atoms with van der Waals surface area (Å²) < 4.78 is 0.969. The first-order valence-electron chi connectivity index (χ1n) is 5.70. The molecular weight excluding hydrogens is 286 g/mol. The van der Waals surface area contributed by atoms with Crippen LogP contribution in [-0.2, 0) is 0 Å². The lowest BCUT2D eigenvalue weighted by atomic mass is 9.94. The molecule has 0 amide bonds. The van der Waals surface area contributed by atoms with Crippen molar-refractivity contribution in [1.82, 2.24) is 5.32 Å². The Morgan fingerprint density at radius 3 is 2.62 bits per heavy atom. The van der Waals surface area contributed by atoms with E-state index in [4.69, 9.17) is 11.6 Å². The maximum atomic E-state index is 5.99. The normalized spacial score (nSPS) is 14.8. The molecule has 0 saturated carbocycles. The Balaban J connectivity index is 2.82. The van der Waals surface area contributed by atoms with Crippen LogP contribution in [-0.4, -0.2) is 7.05 Å². The quantitative estimate of drug-likeness (QED) is 0.824. The monoisotopic (exact) mass is 303 g/mol. The van der Waals surface area contributed by atoms with Crippen molar-refractivity contribution in [2.24, 2.45) is 5.92 Å². The summed E-state index contributed by atoms with van der Waals surface area (Å²) in [5.41, 5.74) is 1.29. The molecule has 0 aromatic heterocycles. The second-order valence-electron chi connectivity index (χ2n) is 4.26. The largest absolute Gasteiger partial charge is 0.313 e. The summed E-state index contributed by atoms with van der Waals surface area (Å²) in [6.45, 7) is 4.52. The van der Waals surface area contributed by atoms with Crippen LogP contribution in [0, 0.1) is 5.92 Å². The summed E-state index contributed by atoms with van der Waals surface area (Å²) >= 11 is 9.46. The number of benzene rings is 1. The van der Waals surface area contributed by atoms with Gasteiger partial charge < -0.3 is 5.32 Å². The first-order chi connectivity index (χ1) is 7.58. The molecule has 0 radical (unpaired) electrons. The van der Waals surface area contributed by atoms with E-state index in [2.05, 4.69) is 47.2 Å². The molecule has 1 aromatic carbocycles. The Bertz CT molecular complexity index is 341. The van der Waals surface area contributed by atoms with Gasteiger partial charge in [-0.25, -0.2) is 0 Å². The van der Waals surface area contributed by atoms with Crippen LogP contribution in [0.3, 0.4) is 0 Å². The maximum absolute atomic E-state index is 5.99. The van der Waals surface area contributed by atoms with Gasteiger partial charge in [0.25, 0.3) is 0 Å². The third kappa shape index (κ3) is 3.76. The van der Waals surface area contributed by atoms with E-state index in [1.807, 2.05) is 13.1 Å². The second-order valence-corrected chi connectivity index (χ2v) is 5.53. The van der Waals surface area contributed by atoms with E-state index in [-0.39, 0.29) is 0 Å². The zero-order valence-electron chi connectivity index (χ0n) is 10.1. The Hall–Kier alpha value is -0.0500. The second kappa shape index (κ2) is 6.63. The van der Waals surface area contributed by atoms with Crippen molar-refractivity contribution in [1.29, 1.82) is 0 Å². The molecule has 0 aliphatic rings. The van der Waals surface area contributed by atoms with Crippen molar-refractivity contribution in [2.75, 3.05) is 7.05 Å². The minimum atomic E-state index is 0.406. The minimum Gasteiger partial charge on any atom is -0.313 e. The topological polar surface area (TPSA) is 12.0 Å². The predicted molar refractivity (Wildman–Crippen MR) is 75.0 cm³/mol. The smallest absolute Gasteiger partial charge is 0.0548 e. The lowest BCUT2D eigenvalue weighted by Gasteiger charge is -2.20. The van der Waals surface area contributed by atoms with Crippen molar-refractivity contribution < 1.29 is 0 Å². The van der Waals surface area contributed by atoms with Crippen molar-refractivity contribution in [3.05, 3.63) is 33.3 Å². The minimum absolute atomic E-state index is 0.406. The summed E-state index contributed by atoms with van der Waals surface area (Å²) in [6.07, 6.45) is 2.37. The van der Waals surface area contributed by atoms with Gasteiger partial charge in [0.05, 0.1) is 5.02 Å². The van der Waals surface area contributed by atoms with E-state index >= 15 is 0 Å². The van der Waals surface area contributed by atoms with Crippen LogP contribution >= 0.6 is 27.5 Å². The fraction of sp³-hybridized carbons (Fsp3) is 0.538. The first kappa shape index (κ1) is 14.0. The summed E-state index contributed by atoms with van der Waals surface area (Å²) in [7, 11) is 2.01. The van der Waals surface area contributed by atoms with Crippen LogP contribution in [0.1, 0.15) is 38.3 Å². The maximum Gasteiger partial charge on any atom is 0.0548 e. The lowest BCUT2D eigenvalue weighted by molar-refractivity contribution is 0.422. The number of hydrogen-bond acceptors (Lipinski definition) is 1. The van der Waals surface area contributed by atoms with Crippen LogP contribution in [0.25, 0.3) is 0 Å². The summed E-state index contributed by atoms with van der Waals surface area (Å²) in [5, 5.41) is 4.13. The van der Waals surface area contributed by atoms with Gasteiger partial charge in [-0.05, 0) is 53.0 Å². The van der Waals surface area contributed by atoms with Gasteiger partial charge in [0.1, 0.15) is 0 Å². The molecule has 0 saturated heterocycles. The molecule has 1 N–H and O–H groups in total. The van der Waals surface area contributed by atoms with Gasteiger partial charge in [-0.3, -0.25) is 0 Å². The fourth-order valence-electron chi connectivity index (χ4n) is 1.72. The van der Waals surface area contributed by atoms with E-state index in [9.17, 15) is 0 Å². The van der Waals surface area contributed by atoms with Crippen LogP contribution in [0.5, 0.6) is 0 Å². The highest BCUT2D eigenvalue weighted by Crippen LogP contribution is 2.29. The van der Waals surface area contributed by atoms with Crippen LogP contribution in [0.4, 0.5) is 0 Å². The van der Waals surface area contributed by atoms with Gasteiger partial charge in [-0.1, -0.05) is 37.9 Å². The van der Waals surface area contributed by atoms with E-state index < -0.39 is 0 Å². The highest BCUT2D eigenvalue weighted by atomic mass is 79.9. The van der Waals surface area contributed by atoms with Gasteiger partial charge >= 0.3 is 0 Å². The molecule has 16 heavy (non-hydrogen) atoms. The molecular formula is C13H19BrClN. The Kier molecular flexibility index (Phi) is 5.81. The average molecular weight is 305 g/mol. The van der Waals surface area contributed by atoms with Crippen molar-refractivity contribution in [2.45, 2.75) is 32.7 Å². The van der Waals surface area contributed by atoms with E-state index in [1.165, 1.54) is 12.0 Å². The molecule has 0 heterocycles. The van der Waals surface area contributed by atoms with Crippen LogP contribution in [0.2, 0.25) is 5.02 Å². The molecule has 0 aliphatic carbocycles. The Morgan fingerprint density at radius 2 is 2.12 bits per heavy atom. The van der Waals surface area contributed by atoms with Crippen molar-refractivity contribution in [3.8, 4) is 0 Å². The highest BCUT2D eigenvalue weighted by Gasteiger charge is 2.13. The van der Waals surface area contributed by atoms with Gasteiger partial charge in [0.15, 0.2) is 0 Å². The molecule has 0 bridgehead atoms. The Labute approximate surface area is 112 Å². The summed E-state index contributed by atoms with van der Waals surface area (Å²) in [4.78, 5) is 0. The number of halogens is 2. The molecule has 0 spiro atoms. The molecule has 0 aliphatic heterocycles. The van der Waals surface area contributed by atoms with E-state index in [0.717, 1.165) is 21.8 Å². The standard InChI is InChI=1S/C13H19BrClN/c1-4-9(2)7-13(16-3)10-5-6-12(15)11(14)8-10/h5-6,8-9,13,16H,4,7H2,1-3H3. The predicted octanol–water partition coefficient (Wildman–Crippen LogP) is 4.80. The van der Waals surface area contributed by atoms with Gasteiger partial charge in [-0.2, -0.15) is 0 Å². The molecule has 3 heteroatoms. The SMILES string of the molecule is CCC(C)CC(NC)c1ccc(Cl)c(Br)c1. The third-order valence-electron chi connectivity index (χ3n) is 3.03. The number of rotatable bonds is 5. The molecule has 2 unspecified atom stereocenters. The van der Waals surface area contributed by atoms with Gasteiger partial charge in [0, 0.05) is 10.5 Å². The summed E-state index contributed by atoms with van der Waals surface area (Å²) in [5.74, 6) is 0.729. The lowest BCUT2D eigenvalue weighted by Crippen LogP contribution is -2.18. The zero-order valence-corrected chi connectivity index (χ0v) is 12.4.